The number of hydrogen-bond acceptors (Lipinski definition) is 4. The molecule has 202 valence electrons. The molecule has 2 saturated heterocycles. The van der Waals surface area contributed by atoms with Crippen molar-refractivity contribution < 1.29 is 9.59 Å². The van der Waals surface area contributed by atoms with Crippen LogP contribution in [-0.2, 0) is 16.0 Å². The lowest BCUT2D eigenvalue weighted by Gasteiger charge is -2.52. The van der Waals surface area contributed by atoms with Crippen LogP contribution in [0.1, 0.15) is 87.9 Å². The van der Waals surface area contributed by atoms with Gasteiger partial charge in [0.2, 0.25) is 11.8 Å². The predicted octanol–water partition coefficient (Wildman–Crippen LogP) is 4.71. The van der Waals surface area contributed by atoms with Gasteiger partial charge in [0.1, 0.15) is 11.6 Å². The molecule has 0 radical (unpaired) electrons. The van der Waals surface area contributed by atoms with E-state index in [1.165, 1.54) is 11.1 Å². The van der Waals surface area contributed by atoms with Crippen molar-refractivity contribution in [1.82, 2.24) is 25.3 Å². The summed E-state index contributed by atoms with van der Waals surface area (Å²) in [5.41, 5.74) is 4.03. The van der Waals surface area contributed by atoms with E-state index in [-0.39, 0.29) is 17.9 Å². The molecule has 0 bridgehead atoms. The van der Waals surface area contributed by atoms with Gasteiger partial charge in [0.15, 0.2) is 0 Å². The molecule has 2 aliphatic heterocycles. The van der Waals surface area contributed by atoms with Crippen LogP contribution >= 0.6 is 0 Å². The number of carbonyl (C=O) groups excluding carboxylic acids is 2. The number of nitrogens with one attached hydrogen (secondary N) is 2. The fourth-order valence-corrected chi connectivity index (χ4v) is 6.36. The quantitative estimate of drug-likeness (QED) is 0.488. The SMILES string of the molecule is CCCCN1C(=O)[C@H](CC(C)C)NC(=O)C12CCN(C(CCc1ccccc1)c1c(C)n[nH]c1C)CC2. The summed E-state index contributed by atoms with van der Waals surface area (Å²) in [5.74, 6) is 0.507. The van der Waals surface area contributed by atoms with Gasteiger partial charge in [-0.3, -0.25) is 19.6 Å². The molecule has 2 amide bonds. The van der Waals surface area contributed by atoms with Crippen molar-refractivity contribution in [3.8, 4) is 0 Å². The van der Waals surface area contributed by atoms with E-state index in [1.807, 2.05) is 4.90 Å². The Morgan fingerprint density at radius 3 is 2.41 bits per heavy atom. The number of piperazine rings is 1. The number of H-pyrrole nitrogens is 1. The van der Waals surface area contributed by atoms with Gasteiger partial charge in [0.05, 0.1) is 5.69 Å². The van der Waals surface area contributed by atoms with Crippen LogP contribution in [0.5, 0.6) is 0 Å². The number of hydrogen-bond donors (Lipinski definition) is 2. The van der Waals surface area contributed by atoms with Crippen molar-refractivity contribution >= 4 is 11.8 Å². The first-order chi connectivity index (χ1) is 17.8. The van der Waals surface area contributed by atoms with E-state index in [2.05, 4.69) is 85.4 Å². The van der Waals surface area contributed by atoms with Crippen molar-refractivity contribution in [2.24, 2.45) is 5.92 Å². The summed E-state index contributed by atoms with van der Waals surface area (Å²) >= 11 is 0. The van der Waals surface area contributed by atoms with Gasteiger partial charge in [0, 0.05) is 36.9 Å². The first-order valence-electron chi connectivity index (χ1n) is 14.2. The zero-order valence-electron chi connectivity index (χ0n) is 23.3. The summed E-state index contributed by atoms with van der Waals surface area (Å²) in [6.07, 6.45) is 5.92. The Bertz CT molecular complexity index is 1040. The zero-order chi connectivity index (χ0) is 26.6. The molecule has 2 aromatic rings. The fraction of sp³-hybridized carbons (Fsp3) is 0.633. The molecule has 0 saturated carbocycles. The molecule has 1 aromatic heterocycles. The second-order valence-corrected chi connectivity index (χ2v) is 11.5. The normalized spacial score (nSPS) is 21.0. The number of likely N-dealkylation sites (tertiary alicyclic amines) is 1. The molecule has 0 aliphatic carbocycles. The first kappa shape index (κ1) is 27.4. The molecule has 2 aliphatic rings. The van der Waals surface area contributed by atoms with Crippen LogP contribution in [0, 0.1) is 19.8 Å². The van der Waals surface area contributed by atoms with Crippen molar-refractivity contribution in [1.29, 1.82) is 0 Å². The molecule has 2 fully saturated rings. The van der Waals surface area contributed by atoms with Gasteiger partial charge in [-0.1, -0.05) is 57.5 Å². The number of aryl methyl sites for hydroxylation is 3. The van der Waals surface area contributed by atoms with Crippen molar-refractivity contribution in [3.05, 3.63) is 52.8 Å². The highest BCUT2D eigenvalue weighted by Crippen LogP contribution is 2.39. The van der Waals surface area contributed by atoms with E-state index < -0.39 is 11.6 Å². The minimum absolute atomic E-state index is 0.0463. The summed E-state index contributed by atoms with van der Waals surface area (Å²) < 4.78 is 0. The number of piperidine rings is 1. The molecule has 4 rings (SSSR count). The highest BCUT2D eigenvalue weighted by Gasteiger charge is 2.53. The van der Waals surface area contributed by atoms with Crippen LogP contribution < -0.4 is 5.32 Å². The minimum Gasteiger partial charge on any atom is -0.342 e. The number of rotatable bonds is 10. The number of nitrogens with zero attached hydrogens (tertiary/aromatic N) is 3. The number of amides is 2. The Kier molecular flexibility index (Phi) is 8.73. The molecule has 1 unspecified atom stereocenters. The van der Waals surface area contributed by atoms with E-state index in [1.54, 1.807) is 0 Å². The van der Waals surface area contributed by atoms with Gasteiger partial charge in [-0.25, -0.2) is 0 Å². The van der Waals surface area contributed by atoms with E-state index in [0.29, 0.717) is 31.7 Å². The van der Waals surface area contributed by atoms with Gasteiger partial charge in [-0.05, 0) is 63.9 Å². The molecular weight excluding hydrogens is 462 g/mol. The monoisotopic (exact) mass is 507 g/mol. The van der Waals surface area contributed by atoms with Crippen molar-refractivity contribution in [3.63, 3.8) is 0 Å². The third kappa shape index (κ3) is 5.77. The first-order valence-corrected chi connectivity index (χ1v) is 14.2. The third-order valence-electron chi connectivity index (χ3n) is 8.38. The van der Waals surface area contributed by atoms with Gasteiger partial charge in [-0.15, -0.1) is 0 Å². The highest BCUT2D eigenvalue weighted by molar-refractivity contribution is 6.00. The maximum absolute atomic E-state index is 13.7. The largest absolute Gasteiger partial charge is 0.342 e. The number of carbonyl (C=O) groups is 2. The van der Waals surface area contributed by atoms with Crippen molar-refractivity contribution in [2.75, 3.05) is 19.6 Å². The van der Waals surface area contributed by atoms with Gasteiger partial charge in [0.25, 0.3) is 0 Å². The Labute approximate surface area is 222 Å². The molecular formula is C30H45N5O2. The van der Waals surface area contributed by atoms with Crippen LogP contribution in [0.25, 0.3) is 0 Å². The maximum Gasteiger partial charge on any atom is 0.246 e. The number of aromatic amines is 1. The second kappa shape index (κ2) is 11.8. The Morgan fingerprint density at radius 1 is 1.11 bits per heavy atom. The van der Waals surface area contributed by atoms with E-state index in [0.717, 1.165) is 50.2 Å². The smallest absolute Gasteiger partial charge is 0.246 e. The molecule has 7 heteroatoms. The van der Waals surface area contributed by atoms with Gasteiger partial charge >= 0.3 is 0 Å². The topological polar surface area (TPSA) is 81.3 Å². The Morgan fingerprint density at radius 2 is 1.81 bits per heavy atom. The summed E-state index contributed by atoms with van der Waals surface area (Å²) in [6.45, 7) is 12.8. The fourth-order valence-electron chi connectivity index (χ4n) is 6.36. The molecule has 37 heavy (non-hydrogen) atoms. The average Bonchev–Trinajstić information content (AvgIpc) is 3.22. The Hall–Kier alpha value is -2.67. The van der Waals surface area contributed by atoms with Crippen LogP contribution in [0.4, 0.5) is 0 Å². The van der Waals surface area contributed by atoms with E-state index in [9.17, 15) is 9.59 Å². The van der Waals surface area contributed by atoms with Gasteiger partial charge in [-0.2, -0.15) is 5.10 Å². The zero-order valence-corrected chi connectivity index (χ0v) is 23.3. The van der Waals surface area contributed by atoms with E-state index in [4.69, 9.17) is 0 Å². The van der Waals surface area contributed by atoms with Crippen LogP contribution in [-0.4, -0.2) is 63.0 Å². The summed E-state index contributed by atoms with van der Waals surface area (Å²) in [4.78, 5) is 31.8. The highest BCUT2D eigenvalue weighted by atomic mass is 16.2. The summed E-state index contributed by atoms with van der Waals surface area (Å²) in [7, 11) is 0. The number of unbranched alkanes of at least 4 members (excludes halogenated alkanes) is 1. The number of aromatic nitrogens is 2. The van der Waals surface area contributed by atoms with Crippen LogP contribution in [0.2, 0.25) is 0 Å². The molecule has 2 N–H and O–H groups in total. The molecule has 2 atom stereocenters. The average molecular weight is 508 g/mol. The maximum atomic E-state index is 13.7. The molecule has 7 nitrogen and oxygen atoms in total. The van der Waals surface area contributed by atoms with Crippen LogP contribution in [0.3, 0.4) is 0 Å². The van der Waals surface area contributed by atoms with Gasteiger partial charge < -0.3 is 10.2 Å². The van der Waals surface area contributed by atoms with Crippen LogP contribution in [0.15, 0.2) is 30.3 Å². The summed E-state index contributed by atoms with van der Waals surface area (Å²) in [5, 5.41) is 10.8. The molecule has 3 heterocycles. The standard InChI is InChI=1S/C30H45N5O2/c1-6-7-17-35-28(36)25(20-21(2)3)31-29(37)30(35)15-18-34(19-16-30)26(27-22(4)32-33-23(27)5)14-13-24-11-9-8-10-12-24/h8-12,21,25-26H,6-7,13-20H2,1-5H3,(H,31,37)(H,32,33)/t25-,26?/m0/s1. The summed E-state index contributed by atoms with van der Waals surface area (Å²) in [6, 6.07) is 10.4. The lowest BCUT2D eigenvalue weighted by atomic mass is 9.79. The Balaban J connectivity index is 1.55. The minimum atomic E-state index is -0.735. The third-order valence-corrected chi connectivity index (χ3v) is 8.38. The second-order valence-electron chi connectivity index (χ2n) is 11.5. The predicted molar refractivity (Wildman–Crippen MR) is 147 cm³/mol. The van der Waals surface area contributed by atoms with Crippen molar-refractivity contribution in [2.45, 2.75) is 97.2 Å². The lowest BCUT2D eigenvalue weighted by Crippen LogP contribution is -2.73. The lowest BCUT2D eigenvalue weighted by molar-refractivity contribution is -0.162. The van der Waals surface area contributed by atoms with E-state index >= 15 is 0 Å². The number of benzene rings is 1. The molecule has 1 spiro atoms. The molecule has 1 aromatic carbocycles.